The van der Waals surface area contributed by atoms with Gasteiger partial charge in [-0.25, -0.2) is 0 Å². The standard InChI is InChI=1S/C16H25NO3/c1-5-17(6-2)16(4,15(18)19)12-13-8-10-14(11-9-13)20-7-3/h8-11H,5-7,12H2,1-4H3,(H,18,19). The molecule has 0 amide bonds. The van der Waals surface area contributed by atoms with E-state index >= 15 is 0 Å². The summed E-state index contributed by atoms with van der Waals surface area (Å²) in [6, 6.07) is 7.66. The Labute approximate surface area is 121 Å². The summed E-state index contributed by atoms with van der Waals surface area (Å²) in [7, 11) is 0. The zero-order chi connectivity index (χ0) is 15.2. The van der Waals surface area contributed by atoms with E-state index in [9.17, 15) is 9.90 Å². The molecule has 1 aromatic rings. The van der Waals surface area contributed by atoms with Gasteiger partial charge >= 0.3 is 5.97 Å². The molecule has 0 saturated heterocycles. The number of hydrogen-bond donors (Lipinski definition) is 1. The monoisotopic (exact) mass is 279 g/mol. The van der Waals surface area contributed by atoms with Gasteiger partial charge in [0.25, 0.3) is 0 Å². The quantitative estimate of drug-likeness (QED) is 0.795. The van der Waals surface area contributed by atoms with Gasteiger partial charge in [0.2, 0.25) is 0 Å². The van der Waals surface area contributed by atoms with Crippen molar-refractivity contribution in [2.45, 2.75) is 39.7 Å². The first-order valence-electron chi connectivity index (χ1n) is 7.18. The molecular weight excluding hydrogens is 254 g/mol. The van der Waals surface area contributed by atoms with Crippen LogP contribution in [0.1, 0.15) is 33.3 Å². The van der Waals surface area contributed by atoms with Crippen molar-refractivity contribution in [3.8, 4) is 5.75 Å². The van der Waals surface area contributed by atoms with Gasteiger partial charge in [-0.3, -0.25) is 9.69 Å². The first kappa shape index (κ1) is 16.5. The fraction of sp³-hybridized carbons (Fsp3) is 0.562. The van der Waals surface area contributed by atoms with Crippen LogP contribution in [0.25, 0.3) is 0 Å². The molecule has 4 heteroatoms. The van der Waals surface area contributed by atoms with Gasteiger partial charge in [0.1, 0.15) is 11.3 Å². The van der Waals surface area contributed by atoms with E-state index < -0.39 is 11.5 Å². The third-order valence-electron chi connectivity index (χ3n) is 3.70. The molecule has 0 spiro atoms. The maximum absolute atomic E-state index is 11.7. The second-order valence-electron chi connectivity index (χ2n) is 5.01. The van der Waals surface area contributed by atoms with Crippen molar-refractivity contribution in [2.75, 3.05) is 19.7 Å². The van der Waals surface area contributed by atoms with Crippen LogP contribution in [0.2, 0.25) is 0 Å². The number of nitrogens with zero attached hydrogens (tertiary/aromatic N) is 1. The average Bonchev–Trinajstić information content (AvgIpc) is 2.42. The SMILES string of the molecule is CCOc1ccc(CC(C)(C(=O)O)N(CC)CC)cc1. The number of ether oxygens (including phenoxy) is 1. The van der Waals surface area contributed by atoms with Gasteiger partial charge < -0.3 is 9.84 Å². The van der Waals surface area contributed by atoms with E-state index in [1.54, 1.807) is 6.92 Å². The van der Waals surface area contributed by atoms with Gasteiger partial charge in [-0.1, -0.05) is 26.0 Å². The molecule has 1 N–H and O–H groups in total. The van der Waals surface area contributed by atoms with Crippen molar-refractivity contribution in [1.29, 1.82) is 0 Å². The van der Waals surface area contributed by atoms with Crippen molar-refractivity contribution < 1.29 is 14.6 Å². The Hall–Kier alpha value is -1.55. The highest BCUT2D eigenvalue weighted by Crippen LogP contribution is 2.23. The smallest absolute Gasteiger partial charge is 0.324 e. The summed E-state index contributed by atoms with van der Waals surface area (Å²) in [4.78, 5) is 13.7. The lowest BCUT2D eigenvalue weighted by Gasteiger charge is -2.36. The Morgan fingerprint density at radius 1 is 1.20 bits per heavy atom. The molecule has 1 unspecified atom stereocenters. The summed E-state index contributed by atoms with van der Waals surface area (Å²) in [5.74, 6) is 0.0335. The molecule has 0 bridgehead atoms. The minimum Gasteiger partial charge on any atom is -0.494 e. The second kappa shape index (κ2) is 7.29. The lowest BCUT2D eigenvalue weighted by Crippen LogP contribution is -2.53. The molecule has 20 heavy (non-hydrogen) atoms. The van der Waals surface area contributed by atoms with Gasteiger partial charge in [-0.05, 0) is 44.6 Å². The highest BCUT2D eigenvalue weighted by atomic mass is 16.5. The third kappa shape index (κ3) is 3.73. The van der Waals surface area contributed by atoms with Crippen LogP contribution in [-0.4, -0.2) is 41.2 Å². The molecule has 4 nitrogen and oxygen atoms in total. The molecule has 112 valence electrons. The Balaban J connectivity index is 2.93. The van der Waals surface area contributed by atoms with Gasteiger partial charge in [0.05, 0.1) is 6.61 Å². The number of carboxylic acids is 1. The molecule has 0 aliphatic rings. The van der Waals surface area contributed by atoms with E-state index in [1.165, 1.54) is 0 Å². The predicted octanol–water partition coefficient (Wildman–Crippen LogP) is 2.81. The normalized spacial score (nSPS) is 14.1. The van der Waals surface area contributed by atoms with E-state index in [-0.39, 0.29) is 0 Å². The molecular formula is C16H25NO3. The Morgan fingerprint density at radius 3 is 2.15 bits per heavy atom. The molecule has 0 aromatic heterocycles. The van der Waals surface area contributed by atoms with Gasteiger partial charge in [-0.15, -0.1) is 0 Å². The molecule has 0 aliphatic heterocycles. The summed E-state index contributed by atoms with van der Waals surface area (Å²) >= 11 is 0. The number of likely N-dealkylation sites (N-methyl/N-ethyl adjacent to an activating group) is 1. The number of aliphatic carboxylic acids is 1. The molecule has 1 atom stereocenters. The Morgan fingerprint density at radius 2 is 1.75 bits per heavy atom. The van der Waals surface area contributed by atoms with Crippen LogP contribution in [0.5, 0.6) is 5.75 Å². The number of rotatable bonds is 8. The van der Waals surface area contributed by atoms with Gasteiger partial charge in [0, 0.05) is 6.42 Å². The maximum Gasteiger partial charge on any atom is 0.324 e. The minimum atomic E-state index is -0.878. The Kier molecular flexibility index (Phi) is 6.02. The van der Waals surface area contributed by atoms with Crippen molar-refractivity contribution in [2.24, 2.45) is 0 Å². The summed E-state index contributed by atoms with van der Waals surface area (Å²) in [5.41, 5.74) is 0.127. The molecule has 1 rings (SSSR count). The van der Waals surface area contributed by atoms with Crippen LogP contribution in [0.15, 0.2) is 24.3 Å². The summed E-state index contributed by atoms with van der Waals surface area (Å²) in [5, 5.41) is 9.60. The molecule has 0 radical (unpaired) electrons. The number of carbonyl (C=O) groups is 1. The lowest BCUT2D eigenvalue weighted by molar-refractivity contribution is -0.150. The maximum atomic E-state index is 11.7. The molecule has 0 saturated carbocycles. The Bertz CT molecular complexity index is 426. The summed E-state index contributed by atoms with van der Waals surface area (Å²) < 4.78 is 5.40. The topological polar surface area (TPSA) is 49.8 Å². The summed E-state index contributed by atoms with van der Waals surface area (Å²) in [6.45, 7) is 9.78. The van der Waals surface area contributed by atoms with Crippen molar-refractivity contribution in [3.63, 3.8) is 0 Å². The fourth-order valence-corrected chi connectivity index (χ4v) is 2.51. The van der Waals surface area contributed by atoms with Crippen LogP contribution in [-0.2, 0) is 11.2 Å². The fourth-order valence-electron chi connectivity index (χ4n) is 2.51. The molecule has 0 fully saturated rings. The van der Waals surface area contributed by atoms with E-state index in [1.807, 2.05) is 49.9 Å². The number of carboxylic acid groups (broad SMARTS) is 1. The van der Waals surface area contributed by atoms with E-state index in [2.05, 4.69) is 0 Å². The molecule has 0 aliphatic carbocycles. The van der Waals surface area contributed by atoms with Gasteiger partial charge in [0.15, 0.2) is 0 Å². The second-order valence-corrected chi connectivity index (χ2v) is 5.01. The van der Waals surface area contributed by atoms with Crippen molar-refractivity contribution >= 4 is 5.97 Å². The van der Waals surface area contributed by atoms with Crippen LogP contribution in [0.3, 0.4) is 0 Å². The predicted molar refractivity (Wildman–Crippen MR) is 80.3 cm³/mol. The number of hydrogen-bond acceptors (Lipinski definition) is 3. The summed E-state index contributed by atoms with van der Waals surface area (Å²) in [6.07, 6.45) is 0.483. The molecule has 1 aromatic carbocycles. The largest absolute Gasteiger partial charge is 0.494 e. The molecule has 0 heterocycles. The first-order valence-corrected chi connectivity index (χ1v) is 7.18. The lowest BCUT2D eigenvalue weighted by atomic mass is 9.90. The van der Waals surface area contributed by atoms with E-state index in [0.717, 1.165) is 24.4 Å². The van der Waals surface area contributed by atoms with Gasteiger partial charge in [-0.2, -0.15) is 0 Å². The third-order valence-corrected chi connectivity index (χ3v) is 3.70. The highest BCUT2D eigenvalue weighted by Gasteiger charge is 2.38. The van der Waals surface area contributed by atoms with E-state index in [0.29, 0.717) is 13.0 Å². The number of benzene rings is 1. The van der Waals surface area contributed by atoms with Crippen LogP contribution in [0.4, 0.5) is 0 Å². The average molecular weight is 279 g/mol. The van der Waals surface area contributed by atoms with Crippen LogP contribution in [0, 0.1) is 0 Å². The van der Waals surface area contributed by atoms with Crippen LogP contribution < -0.4 is 4.74 Å². The zero-order valence-corrected chi connectivity index (χ0v) is 12.8. The van der Waals surface area contributed by atoms with Crippen molar-refractivity contribution in [1.82, 2.24) is 4.90 Å². The van der Waals surface area contributed by atoms with Crippen molar-refractivity contribution in [3.05, 3.63) is 29.8 Å². The highest BCUT2D eigenvalue weighted by molar-refractivity contribution is 5.78. The minimum absolute atomic E-state index is 0.483. The zero-order valence-electron chi connectivity index (χ0n) is 12.8. The van der Waals surface area contributed by atoms with E-state index in [4.69, 9.17) is 4.74 Å². The van der Waals surface area contributed by atoms with Crippen LogP contribution >= 0.6 is 0 Å². The first-order chi connectivity index (χ1) is 9.47.